The summed E-state index contributed by atoms with van der Waals surface area (Å²) >= 11 is 0. The molecule has 0 aromatic heterocycles. The zero-order valence-electron chi connectivity index (χ0n) is 14.9. The highest BCUT2D eigenvalue weighted by atomic mass is 16.1. The van der Waals surface area contributed by atoms with Gasteiger partial charge in [0.1, 0.15) is 0 Å². The highest BCUT2D eigenvalue weighted by molar-refractivity contribution is 5.95. The second-order valence-electron chi connectivity index (χ2n) is 6.73. The van der Waals surface area contributed by atoms with Gasteiger partial charge in [-0.2, -0.15) is 0 Å². The number of carbonyl (C=O) groups is 1. The topological polar surface area (TPSA) is 32.3 Å². The number of amides is 1. The Bertz CT molecular complexity index is 751. The average molecular weight is 322 g/mol. The van der Waals surface area contributed by atoms with Crippen LogP contribution in [0.1, 0.15) is 39.0 Å². The van der Waals surface area contributed by atoms with Crippen LogP contribution in [-0.4, -0.2) is 25.5 Å². The summed E-state index contributed by atoms with van der Waals surface area (Å²) in [5, 5.41) is 3.07. The molecule has 24 heavy (non-hydrogen) atoms. The highest BCUT2D eigenvalue weighted by Crippen LogP contribution is 2.27. The first-order chi connectivity index (χ1) is 11.6. The molecule has 1 aliphatic rings. The van der Waals surface area contributed by atoms with Crippen LogP contribution < -0.4 is 10.2 Å². The van der Waals surface area contributed by atoms with Crippen molar-refractivity contribution in [3.05, 3.63) is 64.2 Å². The van der Waals surface area contributed by atoms with Crippen molar-refractivity contribution >= 4 is 11.6 Å². The van der Waals surface area contributed by atoms with Gasteiger partial charge in [0, 0.05) is 30.9 Å². The zero-order chi connectivity index (χ0) is 17.1. The number of para-hydroxylation sites is 1. The van der Waals surface area contributed by atoms with E-state index in [1.54, 1.807) is 0 Å². The Labute approximate surface area is 144 Å². The predicted octanol–water partition coefficient (Wildman–Crippen LogP) is 3.79. The molecular weight excluding hydrogens is 296 g/mol. The summed E-state index contributed by atoms with van der Waals surface area (Å²) in [6, 6.07) is 12.7. The highest BCUT2D eigenvalue weighted by Gasteiger charge is 2.17. The summed E-state index contributed by atoms with van der Waals surface area (Å²) in [5.74, 6) is 0.0393. The smallest absolute Gasteiger partial charge is 0.251 e. The molecule has 0 aliphatic carbocycles. The Morgan fingerprint density at radius 2 is 1.83 bits per heavy atom. The monoisotopic (exact) mass is 322 g/mol. The Hall–Kier alpha value is -2.29. The SMILES string of the molecule is Cc1cc(C)c(C(=O)NCCCN2CCc3ccccc32)cc1C. The summed E-state index contributed by atoms with van der Waals surface area (Å²) in [7, 11) is 0. The second kappa shape index (κ2) is 7.08. The number of fused-ring (bicyclic) bond motifs is 1. The van der Waals surface area contributed by atoms with Gasteiger partial charge in [-0.1, -0.05) is 24.3 Å². The minimum Gasteiger partial charge on any atom is -0.371 e. The molecule has 0 radical (unpaired) electrons. The van der Waals surface area contributed by atoms with Gasteiger partial charge in [0.05, 0.1) is 0 Å². The number of aryl methyl sites for hydroxylation is 3. The maximum absolute atomic E-state index is 12.4. The normalized spacial score (nSPS) is 13.0. The standard InChI is InChI=1S/C21H26N2O/c1-15-13-17(3)19(14-16(15)2)21(24)22-10-6-11-23-12-9-18-7-4-5-8-20(18)23/h4-5,7-8,13-14H,6,9-12H2,1-3H3,(H,22,24). The minimum absolute atomic E-state index is 0.0393. The third kappa shape index (κ3) is 3.45. The number of anilines is 1. The maximum atomic E-state index is 12.4. The first-order valence-corrected chi connectivity index (χ1v) is 8.75. The zero-order valence-corrected chi connectivity index (χ0v) is 14.9. The molecule has 0 saturated heterocycles. The first kappa shape index (κ1) is 16.6. The molecule has 1 heterocycles. The summed E-state index contributed by atoms with van der Waals surface area (Å²) in [6.45, 7) is 8.92. The third-order valence-electron chi connectivity index (χ3n) is 4.96. The number of hydrogen-bond acceptors (Lipinski definition) is 2. The molecule has 0 atom stereocenters. The second-order valence-corrected chi connectivity index (χ2v) is 6.73. The van der Waals surface area contributed by atoms with E-state index in [-0.39, 0.29) is 5.91 Å². The Kier molecular flexibility index (Phi) is 4.89. The van der Waals surface area contributed by atoms with Crippen molar-refractivity contribution in [3.8, 4) is 0 Å². The van der Waals surface area contributed by atoms with Gasteiger partial charge in [0.15, 0.2) is 0 Å². The van der Waals surface area contributed by atoms with Gasteiger partial charge in [0.2, 0.25) is 0 Å². The van der Waals surface area contributed by atoms with Crippen molar-refractivity contribution in [2.24, 2.45) is 0 Å². The molecular formula is C21H26N2O. The van der Waals surface area contributed by atoms with Gasteiger partial charge < -0.3 is 10.2 Å². The van der Waals surface area contributed by atoms with Crippen LogP contribution in [-0.2, 0) is 6.42 Å². The number of hydrogen-bond donors (Lipinski definition) is 1. The van der Waals surface area contributed by atoms with Crippen LogP contribution in [0, 0.1) is 20.8 Å². The van der Waals surface area contributed by atoms with Crippen LogP contribution in [0.5, 0.6) is 0 Å². The number of carbonyl (C=O) groups excluding carboxylic acids is 1. The fourth-order valence-corrected chi connectivity index (χ4v) is 3.41. The van der Waals surface area contributed by atoms with Crippen molar-refractivity contribution in [3.63, 3.8) is 0 Å². The van der Waals surface area contributed by atoms with Crippen LogP contribution in [0.15, 0.2) is 36.4 Å². The van der Waals surface area contributed by atoms with E-state index in [0.29, 0.717) is 6.54 Å². The van der Waals surface area contributed by atoms with Gasteiger partial charge >= 0.3 is 0 Å². The molecule has 0 bridgehead atoms. The van der Waals surface area contributed by atoms with Crippen molar-refractivity contribution in [1.29, 1.82) is 0 Å². The number of nitrogens with one attached hydrogen (secondary N) is 1. The predicted molar refractivity (Wildman–Crippen MR) is 100.0 cm³/mol. The molecule has 1 N–H and O–H groups in total. The van der Waals surface area contributed by atoms with E-state index in [1.165, 1.54) is 22.4 Å². The molecule has 3 rings (SSSR count). The van der Waals surface area contributed by atoms with Gasteiger partial charge in [-0.3, -0.25) is 4.79 Å². The van der Waals surface area contributed by atoms with Gasteiger partial charge in [-0.25, -0.2) is 0 Å². The summed E-state index contributed by atoms with van der Waals surface area (Å²) in [4.78, 5) is 14.8. The molecule has 3 nitrogen and oxygen atoms in total. The van der Waals surface area contributed by atoms with Crippen molar-refractivity contribution in [2.75, 3.05) is 24.5 Å². The Balaban J connectivity index is 1.51. The van der Waals surface area contributed by atoms with Crippen LogP contribution in [0.3, 0.4) is 0 Å². The quantitative estimate of drug-likeness (QED) is 0.849. The molecule has 2 aromatic rings. The molecule has 0 saturated carbocycles. The molecule has 2 aromatic carbocycles. The van der Waals surface area contributed by atoms with E-state index >= 15 is 0 Å². The Morgan fingerprint density at radius 3 is 2.67 bits per heavy atom. The summed E-state index contributed by atoms with van der Waals surface area (Å²) < 4.78 is 0. The van der Waals surface area contributed by atoms with Crippen LogP contribution >= 0.6 is 0 Å². The number of nitrogens with zero attached hydrogens (tertiary/aromatic N) is 1. The minimum atomic E-state index is 0.0393. The fraction of sp³-hybridized carbons (Fsp3) is 0.381. The lowest BCUT2D eigenvalue weighted by molar-refractivity contribution is 0.0952. The largest absolute Gasteiger partial charge is 0.371 e. The van der Waals surface area contributed by atoms with Crippen LogP contribution in [0.4, 0.5) is 5.69 Å². The summed E-state index contributed by atoms with van der Waals surface area (Å²) in [6.07, 6.45) is 2.09. The lowest BCUT2D eigenvalue weighted by atomic mass is 10.0. The third-order valence-corrected chi connectivity index (χ3v) is 4.96. The molecule has 0 unspecified atom stereocenters. The van der Waals surface area contributed by atoms with Gasteiger partial charge in [-0.05, 0) is 68.0 Å². The van der Waals surface area contributed by atoms with E-state index in [1.807, 2.05) is 13.0 Å². The molecule has 1 aliphatic heterocycles. The van der Waals surface area contributed by atoms with E-state index in [0.717, 1.165) is 37.1 Å². The molecule has 0 fully saturated rings. The number of benzene rings is 2. The van der Waals surface area contributed by atoms with E-state index in [9.17, 15) is 4.79 Å². The lowest BCUT2D eigenvalue weighted by Crippen LogP contribution is -2.29. The maximum Gasteiger partial charge on any atom is 0.251 e. The van der Waals surface area contributed by atoms with Gasteiger partial charge in [-0.15, -0.1) is 0 Å². The van der Waals surface area contributed by atoms with Crippen molar-refractivity contribution in [2.45, 2.75) is 33.6 Å². The summed E-state index contributed by atoms with van der Waals surface area (Å²) in [5.41, 5.74) is 7.03. The van der Waals surface area contributed by atoms with E-state index < -0.39 is 0 Å². The van der Waals surface area contributed by atoms with Crippen molar-refractivity contribution in [1.82, 2.24) is 5.32 Å². The van der Waals surface area contributed by atoms with Crippen LogP contribution in [0.25, 0.3) is 0 Å². The number of rotatable bonds is 5. The fourth-order valence-electron chi connectivity index (χ4n) is 3.41. The van der Waals surface area contributed by atoms with Crippen molar-refractivity contribution < 1.29 is 4.79 Å². The first-order valence-electron chi connectivity index (χ1n) is 8.75. The molecule has 126 valence electrons. The molecule has 0 spiro atoms. The lowest BCUT2D eigenvalue weighted by Gasteiger charge is -2.19. The van der Waals surface area contributed by atoms with E-state index in [2.05, 4.69) is 54.4 Å². The van der Waals surface area contributed by atoms with Gasteiger partial charge in [0.25, 0.3) is 5.91 Å². The Morgan fingerprint density at radius 1 is 1.08 bits per heavy atom. The van der Waals surface area contributed by atoms with Crippen LogP contribution in [0.2, 0.25) is 0 Å². The molecule has 3 heteroatoms. The molecule has 1 amide bonds. The average Bonchev–Trinajstić information content (AvgIpc) is 2.98. The van der Waals surface area contributed by atoms with E-state index in [4.69, 9.17) is 0 Å².